The molecular weight excluding hydrogens is 154 g/mol. The summed E-state index contributed by atoms with van der Waals surface area (Å²) in [5.74, 6) is 0.409. The van der Waals surface area contributed by atoms with Gasteiger partial charge in [-0.3, -0.25) is 4.79 Å². The van der Waals surface area contributed by atoms with Gasteiger partial charge in [-0.25, -0.2) is 0 Å². The van der Waals surface area contributed by atoms with Gasteiger partial charge in [-0.05, 0) is 20.2 Å². The Hall–Kier alpha value is -1.09. The summed E-state index contributed by atoms with van der Waals surface area (Å²) in [6, 6.07) is 1.78. The summed E-state index contributed by atoms with van der Waals surface area (Å²) in [6.07, 6.45) is 1.62. The van der Waals surface area contributed by atoms with Gasteiger partial charge in [0.05, 0.1) is 6.26 Å². The van der Waals surface area contributed by atoms with Crippen LogP contribution in [-0.2, 0) is 6.54 Å². The van der Waals surface area contributed by atoms with Crippen molar-refractivity contribution in [3.8, 4) is 0 Å². The average molecular weight is 167 g/mol. The topological polar surface area (TPSA) is 33.5 Å². The van der Waals surface area contributed by atoms with Crippen molar-refractivity contribution >= 4 is 5.78 Å². The van der Waals surface area contributed by atoms with Crippen LogP contribution < -0.4 is 0 Å². The van der Waals surface area contributed by atoms with Crippen LogP contribution in [0.3, 0.4) is 0 Å². The molecule has 0 amide bonds. The molecule has 0 aromatic carbocycles. The first kappa shape index (κ1) is 9.00. The minimum atomic E-state index is -0.0278. The van der Waals surface area contributed by atoms with E-state index in [0.717, 1.165) is 12.1 Å². The lowest BCUT2D eigenvalue weighted by Gasteiger charge is -2.05. The van der Waals surface area contributed by atoms with Crippen LogP contribution >= 0.6 is 0 Å². The standard InChI is InChI=1S/C9H13NO2/c1-7(11)9-4-8(6-12-9)5-10(2)3/h4,6H,5H2,1-3H3. The van der Waals surface area contributed by atoms with Gasteiger partial charge in [-0.1, -0.05) is 0 Å². The van der Waals surface area contributed by atoms with Crippen molar-refractivity contribution in [1.29, 1.82) is 0 Å². The molecule has 1 heterocycles. The molecule has 0 aliphatic heterocycles. The average Bonchev–Trinajstić information content (AvgIpc) is 2.34. The second-order valence-corrected chi connectivity index (χ2v) is 3.11. The highest BCUT2D eigenvalue weighted by molar-refractivity contribution is 5.91. The maximum atomic E-state index is 10.8. The van der Waals surface area contributed by atoms with Crippen LogP contribution in [0.15, 0.2) is 16.7 Å². The largest absolute Gasteiger partial charge is 0.461 e. The molecule has 0 bridgehead atoms. The summed E-state index contributed by atoms with van der Waals surface area (Å²) in [6.45, 7) is 2.30. The van der Waals surface area contributed by atoms with Crippen LogP contribution in [0.1, 0.15) is 23.0 Å². The van der Waals surface area contributed by atoms with Crippen molar-refractivity contribution in [3.05, 3.63) is 23.7 Å². The zero-order chi connectivity index (χ0) is 9.14. The van der Waals surface area contributed by atoms with E-state index in [1.807, 2.05) is 19.0 Å². The fraction of sp³-hybridized carbons (Fsp3) is 0.444. The lowest BCUT2D eigenvalue weighted by atomic mass is 10.2. The number of Topliss-reactive ketones (excluding diaryl/α,β-unsaturated/α-hetero) is 1. The minimum Gasteiger partial charge on any atom is -0.461 e. The fourth-order valence-electron chi connectivity index (χ4n) is 1.01. The van der Waals surface area contributed by atoms with Crippen LogP contribution in [0, 0.1) is 0 Å². The second-order valence-electron chi connectivity index (χ2n) is 3.11. The monoisotopic (exact) mass is 167 g/mol. The normalized spacial score (nSPS) is 10.7. The molecule has 0 aliphatic rings. The molecule has 0 N–H and O–H groups in total. The molecule has 0 saturated carbocycles. The second kappa shape index (κ2) is 3.54. The maximum Gasteiger partial charge on any atom is 0.194 e. The molecule has 0 radical (unpaired) electrons. The molecule has 0 aliphatic carbocycles. The summed E-state index contributed by atoms with van der Waals surface area (Å²) < 4.78 is 5.05. The molecule has 66 valence electrons. The molecule has 0 atom stereocenters. The van der Waals surface area contributed by atoms with Crippen LogP contribution in [0.25, 0.3) is 0 Å². The Labute approximate surface area is 72.0 Å². The summed E-state index contributed by atoms with van der Waals surface area (Å²) >= 11 is 0. The van der Waals surface area contributed by atoms with E-state index in [-0.39, 0.29) is 5.78 Å². The first-order chi connectivity index (χ1) is 5.59. The highest BCUT2D eigenvalue weighted by Gasteiger charge is 2.05. The molecule has 0 saturated heterocycles. The molecule has 0 fully saturated rings. The van der Waals surface area contributed by atoms with E-state index >= 15 is 0 Å². The molecule has 12 heavy (non-hydrogen) atoms. The number of hydrogen-bond acceptors (Lipinski definition) is 3. The van der Waals surface area contributed by atoms with Crippen LogP contribution in [-0.4, -0.2) is 24.8 Å². The molecular formula is C9H13NO2. The van der Waals surface area contributed by atoms with Gasteiger partial charge in [-0.2, -0.15) is 0 Å². The summed E-state index contributed by atoms with van der Waals surface area (Å²) in [7, 11) is 3.95. The number of carbonyl (C=O) groups is 1. The van der Waals surface area contributed by atoms with Crippen molar-refractivity contribution in [3.63, 3.8) is 0 Å². The van der Waals surface area contributed by atoms with Crippen molar-refractivity contribution in [2.75, 3.05) is 14.1 Å². The number of carbonyl (C=O) groups excluding carboxylic acids is 1. The van der Waals surface area contributed by atoms with E-state index in [1.54, 1.807) is 12.3 Å². The van der Waals surface area contributed by atoms with E-state index in [1.165, 1.54) is 6.92 Å². The highest BCUT2D eigenvalue weighted by atomic mass is 16.3. The van der Waals surface area contributed by atoms with Crippen molar-refractivity contribution in [2.45, 2.75) is 13.5 Å². The first-order valence-electron chi connectivity index (χ1n) is 3.82. The van der Waals surface area contributed by atoms with Gasteiger partial charge in [-0.15, -0.1) is 0 Å². The minimum absolute atomic E-state index is 0.0278. The summed E-state index contributed by atoms with van der Waals surface area (Å²) in [5, 5.41) is 0. The lowest BCUT2D eigenvalue weighted by molar-refractivity contribution is 0.0987. The smallest absolute Gasteiger partial charge is 0.194 e. The van der Waals surface area contributed by atoms with Gasteiger partial charge in [0, 0.05) is 19.0 Å². The Kier molecular flexibility index (Phi) is 2.65. The number of furan rings is 1. The number of nitrogens with zero attached hydrogens (tertiary/aromatic N) is 1. The van der Waals surface area contributed by atoms with Crippen molar-refractivity contribution in [2.24, 2.45) is 0 Å². The number of rotatable bonds is 3. The van der Waals surface area contributed by atoms with E-state index in [4.69, 9.17) is 4.42 Å². The van der Waals surface area contributed by atoms with Gasteiger partial charge in [0.25, 0.3) is 0 Å². The van der Waals surface area contributed by atoms with Gasteiger partial charge < -0.3 is 9.32 Å². The van der Waals surface area contributed by atoms with Crippen LogP contribution in [0.2, 0.25) is 0 Å². The number of ketones is 1. The van der Waals surface area contributed by atoms with E-state index in [9.17, 15) is 4.79 Å². The van der Waals surface area contributed by atoms with E-state index in [0.29, 0.717) is 5.76 Å². The Morgan fingerprint density at radius 2 is 2.25 bits per heavy atom. The Morgan fingerprint density at radius 3 is 2.67 bits per heavy atom. The third-order valence-electron chi connectivity index (χ3n) is 1.50. The third-order valence-corrected chi connectivity index (χ3v) is 1.50. The summed E-state index contributed by atoms with van der Waals surface area (Å²) in [5.41, 5.74) is 1.03. The SMILES string of the molecule is CC(=O)c1cc(CN(C)C)co1. The molecule has 1 aromatic rings. The Balaban J connectivity index is 2.71. The maximum absolute atomic E-state index is 10.8. The predicted molar refractivity (Wildman–Crippen MR) is 46.1 cm³/mol. The predicted octanol–water partition coefficient (Wildman–Crippen LogP) is 1.54. The Bertz CT molecular complexity index is 276. The number of hydrogen-bond donors (Lipinski definition) is 0. The van der Waals surface area contributed by atoms with Gasteiger partial charge in [0.1, 0.15) is 0 Å². The van der Waals surface area contributed by atoms with Gasteiger partial charge in [0.15, 0.2) is 11.5 Å². The van der Waals surface area contributed by atoms with Crippen LogP contribution in [0.5, 0.6) is 0 Å². The van der Waals surface area contributed by atoms with Crippen LogP contribution in [0.4, 0.5) is 0 Å². The molecule has 3 nitrogen and oxygen atoms in total. The zero-order valence-electron chi connectivity index (χ0n) is 7.63. The quantitative estimate of drug-likeness (QED) is 0.640. The third kappa shape index (κ3) is 2.20. The molecule has 1 rings (SSSR count). The van der Waals surface area contributed by atoms with Gasteiger partial charge >= 0.3 is 0 Å². The highest BCUT2D eigenvalue weighted by Crippen LogP contribution is 2.09. The molecule has 0 unspecified atom stereocenters. The van der Waals surface area contributed by atoms with Crippen molar-refractivity contribution in [1.82, 2.24) is 4.90 Å². The van der Waals surface area contributed by atoms with Crippen molar-refractivity contribution < 1.29 is 9.21 Å². The molecule has 0 spiro atoms. The molecule has 1 aromatic heterocycles. The van der Waals surface area contributed by atoms with E-state index in [2.05, 4.69) is 0 Å². The van der Waals surface area contributed by atoms with E-state index < -0.39 is 0 Å². The summed E-state index contributed by atoms with van der Waals surface area (Å²) in [4.78, 5) is 12.9. The Morgan fingerprint density at radius 1 is 1.58 bits per heavy atom. The fourth-order valence-corrected chi connectivity index (χ4v) is 1.01. The lowest BCUT2D eigenvalue weighted by Crippen LogP contribution is -2.09. The van der Waals surface area contributed by atoms with Gasteiger partial charge in [0.2, 0.25) is 0 Å². The first-order valence-corrected chi connectivity index (χ1v) is 3.82. The molecule has 3 heteroatoms. The zero-order valence-corrected chi connectivity index (χ0v) is 7.63.